The maximum Gasteiger partial charge on any atom is 0.339 e. The molecule has 0 amide bonds. The predicted molar refractivity (Wildman–Crippen MR) is 308 cm³/mol. The number of rotatable bonds is 14. The Bertz CT molecular complexity index is 3940. The minimum absolute atomic E-state index is 0.00424. The third-order valence-corrected chi connectivity index (χ3v) is 16.9. The van der Waals surface area contributed by atoms with Crippen LogP contribution in [0.2, 0.25) is 50.2 Å². The van der Waals surface area contributed by atoms with Crippen LogP contribution < -0.4 is 10.9 Å². The van der Waals surface area contributed by atoms with E-state index in [4.69, 9.17) is 130 Å². The molecule has 0 aromatic heterocycles. The van der Waals surface area contributed by atoms with E-state index in [9.17, 15) is 34.5 Å². The summed E-state index contributed by atoms with van der Waals surface area (Å²) >= 11 is 66.5. The molecule has 3 aliphatic heterocycles. The van der Waals surface area contributed by atoms with E-state index in [1.54, 1.807) is 0 Å². The van der Waals surface area contributed by atoms with Crippen molar-refractivity contribution in [1.82, 2.24) is 9.80 Å². The molecule has 0 atom stereocenters. The topological polar surface area (TPSA) is 171 Å². The molecule has 0 saturated carbocycles. The molecule has 4 aromatic carbocycles. The summed E-state index contributed by atoms with van der Waals surface area (Å²) in [6, 6.07) is 8.41. The fourth-order valence-electron chi connectivity index (χ4n) is 9.66. The number of aromatic carboxylic acids is 1. The molecule has 4 aromatic rings. The minimum atomic E-state index is -1.52. The molecule has 0 radical (unpaired) electrons. The third-order valence-electron chi connectivity index (χ3n) is 13.2. The largest absolute Gasteiger partial charge is 0.506 e. The number of aromatic hydroxyl groups is 2. The molecule has 12 nitrogen and oxygen atoms in total. The molecule has 0 unspecified atom stereocenters. The highest BCUT2D eigenvalue weighted by molar-refractivity contribution is 6.54. The van der Waals surface area contributed by atoms with Gasteiger partial charge in [0, 0.05) is 89.0 Å². The zero-order valence-electron chi connectivity index (χ0n) is 39.6. The fourth-order valence-corrected chi connectivity index (χ4v) is 11.9. The molecule has 1 fully saturated rings. The Labute approximate surface area is 487 Å². The number of phenols is 2. The SMILES string of the molecule is C=CCOC(=O)c1cc(Cl)c(Cl)cc1-c1c2cc(Cl)c(=O)c(CC=C)c-2oc2c(CN3CCN(Cc4c(O)c(Cl)cc5c(-c6c(Cl)c(Cl)c(Cl)c(Cl)c6C(=O)O)c6cc(Cl)c(=O)c(CC=C)c-6oc45)CC3)c(O)c(Cl)cc12. The summed E-state index contributed by atoms with van der Waals surface area (Å²) < 4.78 is 18.8. The summed E-state index contributed by atoms with van der Waals surface area (Å²) in [5.41, 5.74) is -0.0218. The van der Waals surface area contributed by atoms with E-state index in [1.807, 2.05) is 9.80 Å². The maximum absolute atomic E-state index is 13.7. The number of esters is 1. The second-order valence-corrected chi connectivity index (χ2v) is 21.7. The average Bonchev–Trinajstić information content (AvgIpc) is 3.39. The Morgan fingerprint density at radius 1 is 0.545 bits per heavy atom. The van der Waals surface area contributed by atoms with Crippen molar-refractivity contribution in [3.05, 3.63) is 178 Å². The number of carbonyl (C=O) groups is 2. The average molecular weight is 1240 g/mol. The van der Waals surface area contributed by atoms with Gasteiger partial charge in [0.25, 0.3) is 0 Å². The van der Waals surface area contributed by atoms with Gasteiger partial charge in [-0.15, -0.1) is 13.2 Å². The van der Waals surface area contributed by atoms with Crippen molar-refractivity contribution in [2.24, 2.45) is 0 Å². The Balaban J connectivity index is 1.16. The first-order chi connectivity index (χ1) is 36.6. The van der Waals surface area contributed by atoms with Crippen molar-refractivity contribution in [2.45, 2.75) is 25.9 Å². The van der Waals surface area contributed by atoms with E-state index in [1.165, 1.54) is 54.6 Å². The van der Waals surface area contributed by atoms with E-state index >= 15 is 0 Å². The highest BCUT2D eigenvalue weighted by Gasteiger charge is 2.35. The number of hydrogen-bond donors (Lipinski definition) is 3. The normalized spacial score (nSPS) is 13.3. The van der Waals surface area contributed by atoms with Crippen LogP contribution in [0, 0.1) is 0 Å². The molecule has 3 heterocycles. The van der Waals surface area contributed by atoms with Crippen LogP contribution in [0.15, 0.2) is 92.8 Å². The van der Waals surface area contributed by atoms with E-state index in [-0.39, 0.29) is 167 Å². The molecular weight excluding hydrogens is 1200 g/mol. The number of ether oxygens (including phenoxy) is 1. The summed E-state index contributed by atoms with van der Waals surface area (Å²) in [4.78, 5) is 58.2. The number of carboxylic acid groups (broad SMARTS) is 1. The molecule has 77 heavy (non-hydrogen) atoms. The van der Waals surface area contributed by atoms with Gasteiger partial charge < -0.3 is 28.9 Å². The van der Waals surface area contributed by atoms with Gasteiger partial charge in [0.2, 0.25) is 10.9 Å². The van der Waals surface area contributed by atoms with E-state index in [0.717, 1.165) is 0 Å². The molecule has 0 bridgehead atoms. The van der Waals surface area contributed by atoms with Crippen molar-refractivity contribution in [3.8, 4) is 56.4 Å². The number of phenolic OH excluding ortho intramolecular Hbond substituents is 2. The summed E-state index contributed by atoms with van der Waals surface area (Å²) in [6.07, 6.45) is 4.38. The molecular formula is C55H36Cl10N2O10. The molecule has 0 spiro atoms. The zero-order valence-corrected chi connectivity index (χ0v) is 47.1. The Morgan fingerprint density at radius 3 is 1.45 bits per heavy atom. The first kappa shape index (κ1) is 56.6. The van der Waals surface area contributed by atoms with Crippen LogP contribution in [-0.2, 0) is 30.7 Å². The standard InChI is InChI=1S/C55H36Cl10N2O10/c1-4-7-22-46(68)34(58)16-26-38(24-14-32(56)33(57)15-25(24)55(74)75-13-6-3)27-17-36(60)48(70)30(52(27)76-50(22)26)20-66-9-11-67(12-10-66)21-31-49(71)37(61)19-29-39(40-41(54(72)73)43(63)45(65)44(64)42(40)62)28-18-35(59)47(69)23(8-5-2)51(28)77-53(29)31/h4-6,14-19,70-71H,1-3,7-13,20-21H2,(H,72,73). The fraction of sp³-hybridized carbons (Fsp3) is 0.164. The van der Waals surface area contributed by atoms with Crippen molar-refractivity contribution in [2.75, 3.05) is 32.8 Å². The van der Waals surface area contributed by atoms with Gasteiger partial charge in [-0.2, -0.15) is 0 Å². The second-order valence-electron chi connectivity index (χ2n) is 17.7. The molecule has 3 N–H and O–H groups in total. The first-order valence-electron chi connectivity index (χ1n) is 22.9. The number of benzene rings is 6. The summed E-state index contributed by atoms with van der Waals surface area (Å²) in [5.74, 6) is -2.90. The van der Waals surface area contributed by atoms with Crippen molar-refractivity contribution in [3.63, 3.8) is 0 Å². The molecule has 2 aliphatic carbocycles. The molecule has 396 valence electrons. The van der Waals surface area contributed by atoms with Crippen molar-refractivity contribution >= 4 is 150 Å². The smallest absolute Gasteiger partial charge is 0.339 e. The van der Waals surface area contributed by atoms with Crippen LogP contribution >= 0.6 is 116 Å². The lowest BCUT2D eigenvalue weighted by atomic mass is 9.87. The van der Waals surface area contributed by atoms with Crippen LogP contribution in [0.1, 0.15) is 43.0 Å². The van der Waals surface area contributed by atoms with Crippen LogP contribution in [-0.4, -0.2) is 69.8 Å². The first-order valence-corrected chi connectivity index (χ1v) is 26.7. The molecule has 1 saturated heterocycles. The third kappa shape index (κ3) is 10.0. The summed E-state index contributed by atoms with van der Waals surface area (Å²) in [7, 11) is 0. The van der Waals surface area contributed by atoms with Crippen molar-refractivity contribution in [1.29, 1.82) is 0 Å². The Hall–Kier alpha value is -5.16. The number of halogens is 10. The van der Waals surface area contributed by atoms with Gasteiger partial charge in [-0.25, -0.2) is 9.59 Å². The van der Waals surface area contributed by atoms with Gasteiger partial charge in [0.05, 0.1) is 72.5 Å². The van der Waals surface area contributed by atoms with Gasteiger partial charge in [-0.05, 0) is 54.8 Å². The molecule has 22 heteroatoms. The lowest BCUT2D eigenvalue weighted by Crippen LogP contribution is -2.45. The van der Waals surface area contributed by atoms with Crippen molar-refractivity contribution < 1.29 is 38.5 Å². The van der Waals surface area contributed by atoms with Gasteiger partial charge in [-0.3, -0.25) is 19.4 Å². The number of nitrogens with zero attached hydrogens (tertiary/aromatic N) is 2. The summed E-state index contributed by atoms with van der Waals surface area (Å²) in [6.45, 7) is 12.5. The Morgan fingerprint density at radius 2 is 0.987 bits per heavy atom. The maximum atomic E-state index is 13.7. The van der Waals surface area contributed by atoms with E-state index in [2.05, 4.69) is 19.7 Å². The lowest BCUT2D eigenvalue weighted by molar-refractivity contribution is 0.0550. The van der Waals surface area contributed by atoms with E-state index in [0.29, 0.717) is 42.7 Å². The number of fused-ring (bicyclic) bond motifs is 4. The zero-order chi connectivity index (χ0) is 55.6. The number of piperazine rings is 1. The summed E-state index contributed by atoms with van der Waals surface area (Å²) in [5, 5.41) is 33.0. The number of hydrogen-bond acceptors (Lipinski definition) is 11. The highest BCUT2D eigenvalue weighted by Crippen LogP contribution is 2.54. The number of carboxylic acids is 1. The van der Waals surface area contributed by atoms with Gasteiger partial charge >= 0.3 is 11.9 Å². The highest BCUT2D eigenvalue weighted by atomic mass is 35.5. The molecule has 9 rings (SSSR count). The number of allylic oxidation sites excluding steroid dienone is 2. The van der Waals surface area contributed by atoms with Gasteiger partial charge in [0.1, 0.15) is 40.8 Å². The Kier molecular flexibility index (Phi) is 16.5. The molecule has 5 aliphatic rings. The quantitative estimate of drug-likeness (QED) is 0.0310. The lowest BCUT2D eigenvalue weighted by Gasteiger charge is -2.35. The predicted octanol–water partition coefficient (Wildman–Crippen LogP) is 16.2. The minimum Gasteiger partial charge on any atom is -0.506 e. The monoisotopic (exact) mass is 1230 g/mol. The number of carbonyl (C=O) groups excluding carboxylic acids is 1. The van der Waals surface area contributed by atoms with Gasteiger partial charge in [-0.1, -0.05) is 141 Å². The van der Waals surface area contributed by atoms with Crippen LogP contribution in [0.25, 0.3) is 66.8 Å². The second kappa shape index (κ2) is 22.5. The van der Waals surface area contributed by atoms with Crippen LogP contribution in [0.4, 0.5) is 0 Å². The van der Waals surface area contributed by atoms with Crippen LogP contribution in [0.3, 0.4) is 0 Å². The van der Waals surface area contributed by atoms with Gasteiger partial charge in [0.15, 0.2) is 0 Å². The van der Waals surface area contributed by atoms with E-state index < -0.39 is 33.4 Å². The van der Waals surface area contributed by atoms with Crippen LogP contribution in [0.5, 0.6) is 11.5 Å².